The van der Waals surface area contributed by atoms with Crippen LogP contribution < -0.4 is 5.73 Å². The lowest BCUT2D eigenvalue weighted by molar-refractivity contribution is 0.106. The zero-order valence-corrected chi connectivity index (χ0v) is 11.5. The predicted molar refractivity (Wildman–Crippen MR) is 72.3 cm³/mol. The summed E-state index contributed by atoms with van der Waals surface area (Å²) < 4.78 is 5.40. The van der Waals surface area contributed by atoms with Crippen LogP contribution in [-0.2, 0) is 4.74 Å². The number of hydrogen-bond donors (Lipinski definition) is 1. The maximum absolute atomic E-state index is 5.91. The van der Waals surface area contributed by atoms with Crippen LogP contribution in [0.1, 0.15) is 26.7 Å². The molecule has 2 N–H and O–H groups in total. The molecule has 1 aliphatic rings. The SMILES string of the molecule is CCOCCN(CC)CCN1CCC(N)CC1. The van der Waals surface area contributed by atoms with Gasteiger partial charge in [0.2, 0.25) is 0 Å². The van der Waals surface area contributed by atoms with Crippen molar-refractivity contribution in [1.82, 2.24) is 9.80 Å². The maximum atomic E-state index is 5.91. The molecule has 0 bridgehead atoms. The van der Waals surface area contributed by atoms with E-state index < -0.39 is 0 Å². The Morgan fingerprint density at radius 1 is 1.24 bits per heavy atom. The second kappa shape index (κ2) is 8.86. The van der Waals surface area contributed by atoms with Crippen molar-refractivity contribution in [3.05, 3.63) is 0 Å². The molecular formula is C13H29N3O. The molecule has 0 aromatic rings. The van der Waals surface area contributed by atoms with E-state index in [4.69, 9.17) is 10.5 Å². The van der Waals surface area contributed by atoms with E-state index >= 15 is 0 Å². The van der Waals surface area contributed by atoms with E-state index in [1.54, 1.807) is 0 Å². The Kier molecular flexibility index (Phi) is 7.77. The van der Waals surface area contributed by atoms with Crippen LogP contribution in [0.25, 0.3) is 0 Å². The molecule has 0 aliphatic carbocycles. The first-order chi connectivity index (χ1) is 8.26. The molecule has 0 spiro atoms. The number of ether oxygens (including phenoxy) is 1. The van der Waals surface area contributed by atoms with Crippen molar-refractivity contribution in [2.24, 2.45) is 5.73 Å². The Labute approximate surface area is 106 Å². The van der Waals surface area contributed by atoms with E-state index in [1.165, 1.54) is 19.6 Å². The number of nitrogens with zero attached hydrogens (tertiary/aromatic N) is 2. The van der Waals surface area contributed by atoms with Gasteiger partial charge >= 0.3 is 0 Å². The minimum atomic E-state index is 0.437. The monoisotopic (exact) mass is 243 g/mol. The predicted octanol–water partition coefficient (Wildman–Crippen LogP) is 0.768. The van der Waals surface area contributed by atoms with E-state index in [9.17, 15) is 0 Å². The molecule has 1 heterocycles. The van der Waals surface area contributed by atoms with Crippen LogP contribution in [0.15, 0.2) is 0 Å². The molecule has 4 heteroatoms. The summed E-state index contributed by atoms with van der Waals surface area (Å²) in [7, 11) is 0. The largest absolute Gasteiger partial charge is 0.380 e. The van der Waals surface area contributed by atoms with E-state index in [0.717, 1.165) is 45.7 Å². The molecule has 0 saturated carbocycles. The standard InChI is InChI=1S/C13H29N3O/c1-3-15(11-12-17-4-2)9-10-16-7-5-13(14)6-8-16/h13H,3-12,14H2,1-2H3. The van der Waals surface area contributed by atoms with Crippen LogP contribution in [0.3, 0.4) is 0 Å². The van der Waals surface area contributed by atoms with Gasteiger partial charge in [-0.2, -0.15) is 0 Å². The first kappa shape index (κ1) is 14.9. The molecular weight excluding hydrogens is 214 g/mol. The van der Waals surface area contributed by atoms with Gasteiger partial charge in [-0.3, -0.25) is 0 Å². The van der Waals surface area contributed by atoms with E-state index in [2.05, 4.69) is 16.7 Å². The van der Waals surface area contributed by atoms with Gasteiger partial charge in [-0.05, 0) is 39.4 Å². The lowest BCUT2D eigenvalue weighted by atomic mass is 10.1. The Morgan fingerprint density at radius 3 is 2.53 bits per heavy atom. The molecule has 0 atom stereocenters. The zero-order chi connectivity index (χ0) is 12.5. The van der Waals surface area contributed by atoms with Crippen molar-refractivity contribution in [1.29, 1.82) is 0 Å². The molecule has 0 aromatic heterocycles. The normalized spacial score (nSPS) is 19.1. The van der Waals surface area contributed by atoms with Crippen molar-refractivity contribution in [2.45, 2.75) is 32.7 Å². The van der Waals surface area contributed by atoms with Crippen molar-refractivity contribution in [2.75, 3.05) is 52.5 Å². The highest BCUT2D eigenvalue weighted by Gasteiger charge is 2.16. The Balaban J connectivity index is 2.09. The van der Waals surface area contributed by atoms with Crippen molar-refractivity contribution < 1.29 is 4.74 Å². The zero-order valence-electron chi connectivity index (χ0n) is 11.5. The van der Waals surface area contributed by atoms with Gasteiger partial charge in [0.25, 0.3) is 0 Å². The summed E-state index contributed by atoms with van der Waals surface area (Å²) in [4.78, 5) is 5.00. The molecule has 102 valence electrons. The fourth-order valence-corrected chi connectivity index (χ4v) is 2.23. The minimum absolute atomic E-state index is 0.437. The number of likely N-dealkylation sites (N-methyl/N-ethyl adjacent to an activating group) is 1. The number of nitrogens with two attached hydrogens (primary N) is 1. The average molecular weight is 243 g/mol. The minimum Gasteiger partial charge on any atom is -0.380 e. The molecule has 0 unspecified atom stereocenters. The summed E-state index contributed by atoms with van der Waals surface area (Å²) in [5.74, 6) is 0. The van der Waals surface area contributed by atoms with Crippen LogP contribution >= 0.6 is 0 Å². The highest BCUT2D eigenvalue weighted by Crippen LogP contribution is 2.07. The first-order valence-corrected chi connectivity index (χ1v) is 7.04. The molecule has 0 radical (unpaired) electrons. The summed E-state index contributed by atoms with van der Waals surface area (Å²) >= 11 is 0. The second-order valence-electron chi connectivity index (χ2n) is 4.81. The summed E-state index contributed by atoms with van der Waals surface area (Å²) in [6.45, 7) is 12.8. The number of piperidine rings is 1. The fourth-order valence-electron chi connectivity index (χ4n) is 2.23. The lowest BCUT2D eigenvalue weighted by Gasteiger charge is -2.32. The van der Waals surface area contributed by atoms with Crippen LogP contribution in [0, 0.1) is 0 Å². The van der Waals surface area contributed by atoms with Crippen LogP contribution in [0.4, 0.5) is 0 Å². The molecule has 1 saturated heterocycles. The molecule has 0 aromatic carbocycles. The third-order valence-corrected chi connectivity index (χ3v) is 3.57. The average Bonchev–Trinajstić information content (AvgIpc) is 2.35. The first-order valence-electron chi connectivity index (χ1n) is 7.04. The highest BCUT2D eigenvalue weighted by molar-refractivity contribution is 4.74. The van der Waals surface area contributed by atoms with Crippen LogP contribution in [0.2, 0.25) is 0 Å². The van der Waals surface area contributed by atoms with Gasteiger partial charge in [0.05, 0.1) is 6.61 Å². The molecule has 17 heavy (non-hydrogen) atoms. The van der Waals surface area contributed by atoms with Gasteiger partial charge in [0, 0.05) is 32.3 Å². The van der Waals surface area contributed by atoms with E-state index in [0.29, 0.717) is 6.04 Å². The summed E-state index contributed by atoms with van der Waals surface area (Å²) in [6.07, 6.45) is 2.32. The molecule has 1 fully saturated rings. The fraction of sp³-hybridized carbons (Fsp3) is 1.00. The van der Waals surface area contributed by atoms with E-state index in [-0.39, 0.29) is 0 Å². The Morgan fingerprint density at radius 2 is 1.94 bits per heavy atom. The topological polar surface area (TPSA) is 41.7 Å². The third kappa shape index (κ3) is 6.36. The van der Waals surface area contributed by atoms with Gasteiger partial charge in [-0.25, -0.2) is 0 Å². The van der Waals surface area contributed by atoms with E-state index in [1.807, 2.05) is 6.92 Å². The van der Waals surface area contributed by atoms with Gasteiger partial charge in [-0.1, -0.05) is 6.92 Å². The summed E-state index contributed by atoms with van der Waals surface area (Å²) in [5, 5.41) is 0. The van der Waals surface area contributed by atoms with Crippen molar-refractivity contribution in [3.63, 3.8) is 0 Å². The molecule has 1 rings (SSSR count). The van der Waals surface area contributed by atoms with Gasteiger partial charge in [0.15, 0.2) is 0 Å². The number of likely N-dealkylation sites (tertiary alicyclic amines) is 1. The van der Waals surface area contributed by atoms with Crippen LogP contribution in [0.5, 0.6) is 0 Å². The lowest BCUT2D eigenvalue weighted by Crippen LogP contribution is -2.43. The number of rotatable bonds is 8. The Bertz CT molecular complexity index is 182. The molecule has 4 nitrogen and oxygen atoms in total. The van der Waals surface area contributed by atoms with Crippen molar-refractivity contribution in [3.8, 4) is 0 Å². The second-order valence-corrected chi connectivity index (χ2v) is 4.81. The van der Waals surface area contributed by atoms with Gasteiger partial charge in [0.1, 0.15) is 0 Å². The third-order valence-electron chi connectivity index (χ3n) is 3.57. The van der Waals surface area contributed by atoms with Crippen LogP contribution in [-0.4, -0.2) is 68.3 Å². The number of hydrogen-bond acceptors (Lipinski definition) is 4. The highest BCUT2D eigenvalue weighted by atomic mass is 16.5. The summed E-state index contributed by atoms with van der Waals surface area (Å²) in [5.41, 5.74) is 5.91. The smallest absolute Gasteiger partial charge is 0.0593 e. The Hall–Kier alpha value is -0.160. The van der Waals surface area contributed by atoms with Gasteiger partial charge < -0.3 is 20.3 Å². The summed E-state index contributed by atoms with van der Waals surface area (Å²) in [6, 6.07) is 0.437. The molecule has 0 amide bonds. The van der Waals surface area contributed by atoms with Crippen molar-refractivity contribution >= 4 is 0 Å². The quantitative estimate of drug-likeness (QED) is 0.639. The van der Waals surface area contributed by atoms with Gasteiger partial charge in [-0.15, -0.1) is 0 Å². The molecule has 1 aliphatic heterocycles. The maximum Gasteiger partial charge on any atom is 0.0593 e.